The summed E-state index contributed by atoms with van der Waals surface area (Å²) < 4.78 is 13.4. The van der Waals surface area contributed by atoms with E-state index >= 15 is 0 Å². The van der Waals surface area contributed by atoms with Crippen LogP contribution in [0.3, 0.4) is 0 Å². The number of hydrogen-bond acceptors (Lipinski definition) is 5. The van der Waals surface area contributed by atoms with E-state index in [2.05, 4.69) is 38.8 Å². The maximum absolute atomic E-state index is 12.1. The molecule has 176 valence electrons. The van der Waals surface area contributed by atoms with E-state index < -0.39 is 11.2 Å². The predicted molar refractivity (Wildman–Crippen MR) is 123 cm³/mol. The van der Waals surface area contributed by atoms with Crippen LogP contribution in [0, 0.1) is 16.7 Å². The number of nitrogens with zero attached hydrogens (tertiary/aromatic N) is 1. The second-order valence-electron chi connectivity index (χ2n) is 11.8. The maximum atomic E-state index is 12.1. The average Bonchev–Trinajstić information content (AvgIpc) is 3.11. The van der Waals surface area contributed by atoms with Crippen molar-refractivity contribution in [3.8, 4) is 11.5 Å². The smallest absolute Gasteiger partial charge is 0.165 e. The molecule has 2 aliphatic heterocycles. The Morgan fingerprint density at radius 2 is 2.06 bits per heavy atom. The fraction of sp³-hybridized carbons (Fsp3) is 0.778. The van der Waals surface area contributed by atoms with Crippen LogP contribution in [0.5, 0.6) is 11.5 Å². The summed E-state index contributed by atoms with van der Waals surface area (Å²) in [6.07, 6.45) is 5.47. The van der Waals surface area contributed by atoms with Gasteiger partial charge < -0.3 is 24.6 Å². The monoisotopic (exact) mass is 441 g/mol. The summed E-state index contributed by atoms with van der Waals surface area (Å²) in [6.45, 7) is 9.83. The van der Waals surface area contributed by atoms with Gasteiger partial charge in [0.15, 0.2) is 11.5 Å². The predicted octanol–water partition coefficient (Wildman–Crippen LogP) is 4.02. The van der Waals surface area contributed by atoms with Crippen LogP contribution >= 0.6 is 0 Å². The Morgan fingerprint density at radius 1 is 1.31 bits per heavy atom. The van der Waals surface area contributed by atoms with Crippen molar-refractivity contribution in [3.63, 3.8) is 0 Å². The zero-order valence-corrected chi connectivity index (χ0v) is 20.5. The van der Waals surface area contributed by atoms with Crippen molar-refractivity contribution >= 4 is 0 Å². The summed E-state index contributed by atoms with van der Waals surface area (Å²) in [4.78, 5) is 2.56. The Bertz CT molecular complexity index is 992. The molecule has 0 radical (unpaired) electrons. The molecule has 32 heavy (non-hydrogen) atoms. The quantitative estimate of drug-likeness (QED) is 0.723. The molecular weight excluding hydrogens is 402 g/mol. The van der Waals surface area contributed by atoms with E-state index in [1.807, 2.05) is 20.1 Å². The van der Waals surface area contributed by atoms with Gasteiger partial charge >= 0.3 is 0 Å². The van der Waals surface area contributed by atoms with Gasteiger partial charge in [0, 0.05) is 40.9 Å². The van der Waals surface area contributed by atoms with Crippen molar-refractivity contribution < 1.29 is 19.7 Å². The van der Waals surface area contributed by atoms with Crippen LogP contribution in [0.4, 0.5) is 0 Å². The van der Waals surface area contributed by atoms with Crippen LogP contribution in [0.1, 0.15) is 70.9 Å². The largest absolute Gasteiger partial charge is 0.504 e. The Morgan fingerprint density at radius 3 is 2.72 bits per heavy atom. The van der Waals surface area contributed by atoms with E-state index in [0.717, 1.165) is 45.1 Å². The first-order valence-corrected chi connectivity index (χ1v) is 12.6. The lowest BCUT2D eigenvalue weighted by Crippen LogP contribution is -2.75. The number of phenols is 1. The van der Waals surface area contributed by atoms with E-state index in [-0.39, 0.29) is 34.0 Å². The second-order valence-corrected chi connectivity index (χ2v) is 11.8. The molecule has 1 spiro atoms. The molecule has 5 heteroatoms. The Hall–Kier alpha value is -1.30. The maximum Gasteiger partial charge on any atom is 0.165 e. The van der Waals surface area contributed by atoms with E-state index in [0.29, 0.717) is 11.8 Å². The fourth-order valence-electron chi connectivity index (χ4n) is 10.2. The van der Waals surface area contributed by atoms with Crippen molar-refractivity contribution in [1.82, 2.24) is 4.90 Å². The number of piperidine rings is 1. The van der Waals surface area contributed by atoms with Crippen molar-refractivity contribution in [1.29, 1.82) is 0 Å². The normalized spacial score (nSPS) is 47.3. The van der Waals surface area contributed by atoms with Gasteiger partial charge in [0.05, 0.1) is 5.60 Å². The highest BCUT2D eigenvalue weighted by atomic mass is 16.6. The SMILES string of the molecule is CCCC(C)(O)C12CC3(CC)C4Cc5ccc(O)c6c5C3(CCN4C)C(O6)C1(OC)C2C. The molecule has 2 heterocycles. The Balaban J connectivity index is 1.68. The summed E-state index contributed by atoms with van der Waals surface area (Å²) in [5.74, 6) is 1.12. The number of phenolic OH excluding ortho intramolecular Hbond substituents is 1. The fourth-order valence-corrected chi connectivity index (χ4v) is 10.2. The lowest BCUT2D eigenvalue weighted by Gasteiger charge is -2.68. The number of fused-ring (bicyclic) bond motifs is 2. The van der Waals surface area contributed by atoms with Gasteiger partial charge in [-0.1, -0.05) is 33.3 Å². The van der Waals surface area contributed by atoms with Gasteiger partial charge in [0.25, 0.3) is 0 Å². The van der Waals surface area contributed by atoms with Gasteiger partial charge in [-0.15, -0.1) is 0 Å². The van der Waals surface area contributed by atoms with Crippen molar-refractivity contribution in [2.24, 2.45) is 16.7 Å². The minimum absolute atomic E-state index is 0.0266. The summed E-state index contributed by atoms with van der Waals surface area (Å²) in [5, 5.41) is 23.0. The number of aliphatic hydroxyl groups is 1. The number of likely N-dealkylation sites (tertiary alicyclic amines) is 1. The molecule has 3 fully saturated rings. The zero-order valence-electron chi connectivity index (χ0n) is 20.5. The summed E-state index contributed by atoms with van der Waals surface area (Å²) in [5.41, 5.74) is 0.620. The first kappa shape index (κ1) is 21.2. The molecule has 1 saturated heterocycles. The van der Waals surface area contributed by atoms with Crippen LogP contribution in [0.15, 0.2) is 12.1 Å². The van der Waals surface area contributed by atoms with Crippen molar-refractivity contribution in [2.75, 3.05) is 20.7 Å². The number of methoxy groups -OCH3 is 1. The number of hydrogen-bond donors (Lipinski definition) is 2. The van der Waals surface area contributed by atoms with Crippen LogP contribution in [0.25, 0.3) is 0 Å². The van der Waals surface area contributed by atoms with E-state index in [4.69, 9.17) is 9.47 Å². The third kappa shape index (κ3) is 1.80. The number of ether oxygens (including phenoxy) is 2. The Kier molecular flexibility index (Phi) is 4.00. The molecule has 5 aliphatic rings. The molecule has 6 rings (SSSR count). The van der Waals surface area contributed by atoms with Crippen LogP contribution < -0.4 is 4.74 Å². The van der Waals surface area contributed by atoms with Gasteiger partial charge in [-0.25, -0.2) is 0 Å². The molecule has 0 amide bonds. The minimum atomic E-state index is -0.839. The van der Waals surface area contributed by atoms with Gasteiger partial charge in [-0.3, -0.25) is 0 Å². The van der Waals surface area contributed by atoms with Crippen LogP contribution in [-0.2, 0) is 16.6 Å². The number of benzene rings is 1. The molecule has 1 aromatic carbocycles. The van der Waals surface area contributed by atoms with E-state index in [9.17, 15) is 10.2 Å². The molecule has 0 aromatic heterocycles. The second kappa shape index (κ2) is 6.03. The first-order valence-electron chi connectivity index (χ1n) is 12.6. The third-order valence-electron chi connectivity index (χ3n) is 11.3. The average molecular weight is 442 g/mol. The third-order valence-corrected chi connectivity index (χ3v) is 11.3. The Labute approximate surface area is 192 Å². The molecule has 2 bridgehead atoms. The summed E-state index contributed by atoms with van der Waals surface area (Å²) in [7, 11) is 4.09. The van der Waals surface area contributed by atoms with E-state index in [1.165, 1.54) is 11.1 Å². The van der Waals surface area contributed by atoms with Gasteiger partial charge in [-0.2, -0.15) is 0 Å². The number of likely N-dealkylation sites (N-methyl/N-ethyl adjacent to an activating group) is 1. The van der Waals surface area contributed by atoms with Gasteiger partial charge in [0.2, 0.25) is 0 Å². The molecule has 8 unspecified atom stereocenters. The highest BCUT2D eigenvalue weighted by Gasteiger charge is 2.93. The topological polar surface area (TPSA) is 62.2 Å². The lowest BCUT2D eigenvalue weighted by atomic mass is 9.40. The number of aromatic hydroxyl groups is 1. The van der Waals surface area contributed by atoms with Crippen LogP contribution in [-0.4, -0.2) is 59.2 Å². The van der Waals surface area contributed by atoms with Gasteiger partial charge in [-0.05, 0) is 64.3 Å². The first-order chi connectivity index (χ1) is 15.1. The summed E-state index contributed by atoms with van der Waals surface area (Å²) in [6, 6.07) is 4.33. The number of rotatable bonds is 5. The highest BCUT2D eigenvalue weighted by molar-refractivity contribution is 5.64. The zero-order chi connectivity index (χ0) is 22.9. The minimum Gasteiger partial charge on any atom is -0.504 e. The molecule has 2 saturated carbocycles. The van der Waals surface area contributed by atoms with Crippen LogP contribution in [0.2, 0.25) is 0 Å². The van der Waals surface area contributed by atoms with Gasteiger partial charge in [0.1, 0.15) is 11.7 Å². The summed E-state index contributed by atoms with van der Waals surface area (Å²) >= 11 is 0. The molecule has 2 N–H and O–H groups in total. The van der Waals surface area contributed by atoms with Crippen molar-refractivity contribution in [3.05, 3.63) is 23.3 Å². The molecule has 1 aromatic rings. The molecule has 5 nitrogen and oxygen atoms in total. The molecular formula is C27H39NO4. The van der Waals surface area contributed by atoms with E-state index in [1.54, 1.807) is 0 Å². The molecule has 8 atom stereocenters. The molecule has 3 aliphatic carbocycles. The lowest BCUT2D eigenvalue weighted by molar-refractivity contribution is -0.219. The van der Waals surface area contributed by atoms with Crippen molar-refractivity contribution in [2.45, 2.75) is 95.0 Å². The highest BCUT2D eigenvalue weighted by Crippen LogP contribution is 2.86. The standard InChI is InChI=1S/C27H39NO4/c1-7-11-23(4,30)26-15-24(8-2)19-14-17-9-10-18(29)21-20(17)25(24,12-13-28(19)5)22(32-21)27(26,31-6)16(26)3/h9-10,16,19,22,29-30H,7-8,11-15H2,1-6H3.